The van der Waals surface area contributed by atoms with Gasteiger partial charge in [-0.15, -0.1) is 0 Å². The van der Waals surface area contributed by atoms with Gasteiger partial charge in [-0.1, -0.05) is 87.5 Å². The highest BCUT2D eigenvalue weighted by atomic mass is 16.2. The molecule has 3 aromatic carbocycles. The van der Waals surface area contributed by atoms with Crippen molar-refractivity contribution in [1.82, 2.24) is 10.2 Å². The van der Waals surface area contributed by atoms with Crippen LogP contribution in [0.1, 0.15) is 53.4 Å². The number of hydrogen-bond acceptors (Lipinski definition) is 2. The molecule has 0 saturated carbocycles. The number of amides is 2. The Bertz CT molecular complexity index is 1070. The lowest BCUT2D eigenvalue weighted by Gasteiger charge is -2.25. The van der Waals surface area contributed by atoms with Gasteiger partial charge in [-0.25, -0.2) is 0 Å². The van der Waals surface area contributed by atoms with E-state index in [0.29, 0.717) is 25.1 Å². The predicted molar refractivity (Wildman–Crippen MR) is 127 cm³/mol. The molecule has 2 amide bonds. The topological polar surface area (TPSA) is 49.4 Å². The molecule has 0 aromatic heterocycles. The highest BCUT2D eigenvalue weighted by Crippen LogP contribution is 2.25. The molecule has 0 bridgehead atoms. The maximum atomic E-state index is 13.5. The number of carbonyl (C=O) groups is 2. The largest absolute Gasteiger partial charge is 0.340 e. The number of nitrogens with zero attached hydrogens (tertiary/aromatic N) is 1. The first-order chi connectivity index (χ1) is 15.3. The molecule has 1 heterocycles. The molecule has 0 saturated heterocycles. The number of nitrogens with one attached hydrogen (secondary N) is 1. The summed E-state index contributed by atoms with van der Waals surface area (Å²) in [5.74, 6) is -0.280. The minimum Gasteiger partial charge on any atom is -0.340 e. The second kappa shape index (κ2) is 8.99. The summed E-state index contributed by atoms with van der Waals surface area (Å²) in [5.41, 5.74) is 5.23. The van der Waals surface area contributed by atoms with Crippen molar-refractivity contribution < 1.29 is 9.59 Å². The van der Waals surface area contributed by atoms with Crippen molar-refractivity contribution in [3.05, 3.63) is 107 Å². The number of benzene rings is 3. The average Bonchev–Trinajstić information content (AvgIpc) is 3.23. The van der Waals surface area contributed by atoms with Crippen molar-refractivity contribution in [3.63, 3.8) is 0 Å². The van der Waals surface area contributed by atoms with Crippen LogP contribution >= 0.6 is 0 Å². The Hall–Kier alpha value is -3.40. The molecule has 0 spiro atoms. The van der Waals surface area contributed by atoms with E-state index >= 15 is 0 Å². The smallest absolute Gasteiger partial charge is 0.251 e. The fraction of sp³-hybridized carbons (Fsp3) is 0.286. The van der Waals surface area contributed by atoms with Crippen molar-refractivity contribution in [3.8, 4) is 0 Å². The summed E-state index contributed by atoms with van der Waals surface area (Å²) in [6, 6.07) is 24.9. The minimum absolute atomic E-state index is 0.0506. The van der Waals surface area contributed by atoms with Crippen LogP contribution in [0.25, 0.3) is 0 Å². The van der Waals surface area contributed by atoms with Crippen molar-refractivity contribution in [2.75, 3.05) is 0 Å². The zero-order chi connectivity index (χ0) is 22.7. The molecule has 4 heteroatoms. The monoisotopic (exact) mass is 426 g/mol. The van der Waals surface area contributed by atoms with Crippen LogP contribution in [0.5, 0.6) is 0 Å². The van der Waals surface area contributed by atoms with Gasteiger partial charge in [-0.2, -0.15) is 0 Å². The van der Waals surface area contributed by atoms with E-state index in [2.05, 4.69) is 62.5 Å². The lowest BCUT2D eigenvalue weighted by Crippen LogP contribution is -2.48. The van der Waals surface area contributed by atoms with Crippen LogP contribution in [-0.4, -0.2) is 22.8 Å². The van der Waals surface area contributed by atoms with E-state index in [4.69, 9.17) is 0 Å². The predicted octanol–water partition coefficient (Wildman–Crippen LogP) is 4.87. The van der Waals surface area contributed by atoms with E-state index in [1.807, 2.05) is 35.2 Å². The van der Waals surface area contributed by atoms with E-state index in [-0.39, 0.29) is 17.2 Å². The maximum Gasteiger partial charge on any atom is 0.251 e. The number of carbonyl (C=O) groups excluding carboxylic acids is 2. The van der Waals surface area contributed by atoms with Gasteiger partial charge in [0.05, 0.1) is 0 Å². The molecule has 0 aliphatic carbocycles. The first kappa shape index (κ1) is 21.8. The Morgan fingerprint density at radius 3 is 1.97 bits per heavy atom. The van der Waals surface area contributed by atoms with Crippen molar-refractivity contribution >= 4 is 11.8 Å². The van der Waals surface area contributed by atoms with Gasteiger partial charge < -0.3 is 10.2 Å². The van der Waals surface area contributed by atoms with Crippen LogP contribution in [0.15, 0.2) is 78.9 Å². The van der Waals surface area contributed by atoms with Gasteiger partial charge in [0.2, 0.25) is 5.91 Å². The van der Waals surface area contributed by atoms with Gasteiger partial charge in [0.25, 0.3) is 5.91 Å². The molecule has 1 N–H and O–H groups in total. The third kappa shape index (κ3) is 4.91. The second-order valence-corrected chi connectivity index (χ2v) is 9.51. The van der Waals surface area contributed by atoms with Crippen LogP contribution in [0.3, 0.4) is 0 Å². The highest BCUT2D eigenvalue weighted by Gasteiger charge is 2.30. The lowest BCUT2D eigenvalue weighted by molar-refractivity contribution is -0.133. The summed E-state index contributed by atoms with van der Waals surface area (Å²) in [6.07, 6.45) is 0.453. The van der Waals surface area contributed by atoms with E-state index in [9.17, 15) is 9.59 Å². The molecule has 4 nitrogen and oxygen atoms in total. The van der Waals surface area contributed by atoms with E-state index in [1.165, 1.54) is 16.7 Å². The zero-order valence-electron chi connectivity index (χ0n) is 19.0. The Kier molecular flexibility index (Phi) is 6.13. The van der Waals surface area contributed by atoms with Gasteiger partial charge in [0.15, 0.2) is 0 Å². The third-order valence-corrected chi connectivity index (χ3v) is 6.05. The minimum atomic E-state index is -0.627. The van der Waals surface area contributed by atoms with Crippen LogP contribution in [-0.2, 0) is 29.7 Å². The van der Waals surface area contributed by atoms with Crippen molar-refractivity contribution in [2.45, 2.75) is 51.7 Å². The van der Waals surface area contributed by atoms with Gasteiger partial charge in [0, 0.05) is 25.1 Å². The molecule has 164 valence electrons. The molecule has 4 rings (SSSR count). The van der Waals surface area contributed by atoms with E-state index < -0.39 is 6.04 Å². The van der Waals surface area contributed by atoms with Gasteiger partial charge in [0.1, 0.15) is 6.04 Å². The fourth-order valence-electron chi connectivity index (χ4n) is 4.12. The van der Waals surface area contributed by atoms with Crippen LogP contribution in [0, 0.1) is 0 Å². The molecular formula is C28H30N2O2. The molecule has 32 heavy (non-hydrogen) atoms. The summed E-state index contributed by atoms with van der Waals surface area (Å²) in [6.45, 7) is 7.70. The Morgan fingerprint density at radius 1 is 0.844 bits per heavy atom. The second-order valence-electron chi connectivity index (χ2n) is 9.51. The maximum absolute atomic E-state index is 13.5. The first-order valence-electron chi connectivity index (χ1n) is 11.1. The molecule has 1 atom stereocenters. The quantitative estimate of drug-likeness (QED) is 0.633. The molecular weight excluding hydrogens is 396 g/mol. The molecule has 3 aromatic rings. The van der Waals surface area contributed by atoms with Crippen LogP contribution < -0.4 is 5.32 Å². The zero-order valence-corrected chi connectivity index (χ0v) is 19.0. The number of hydrogen-bond donors (Lipinski definition) is 1. The van der Waals surface area contributed by atoms with Gasteiger partial charge >= 0.3 is 0 Å². The van der Waals surface area contributed by atoms with Gasteiger partial charge in [-0.05, 0) is 39.8 Å². The van der Waals surface area contributed by atoms with Crippen molar-refractivity contribution in [2.24, 2.45) is 0 Å². The molecule has 0 fully saturated rings. The lowest BCUT2D eigenvalue weighted by atomic mass is 9.86. The Balaban J connectivity index is 1.55. The van der Waals surface area contributed by atoms with E-state index in [0.717, 1.165) is 5.56 Å². The molecule has 0 radical (unpaired) electrons. The summed E-state index contributed by atoms with van der Waals surface area (Å²) < 4.78 is 0. The summed E-state index contributed by atoms with van der Waals surface area (Å²) >= 11 is 0. The van der Waals surface area contributed by atoms with Crippen LogP contribution in [0.4, 0.5) is 0 Å². The average molecular weight is 427 g/mol. The van der Waals surface area contributed by atoms with Crippen molar-refractivity contribution in [1.29, 1.82) is 0 Å². The fourth-order valence-corrected chi connectivity index (χ4v) is 4.12. The molecule has 1 aliphatic heterocycles. The Morgan fingerprint density at radius 2 is 1.41 bits per heavy atom. The van der Waals surface area contributed by atoms with Crippen LogP contribution in [0.2, 0.25) is 0 Å². The number of rotatable bonds is 5. The standard InChI is InChI=1S/C28H30N2O2/c1-28(2,3)24-15-13-20(14-16-24)17-25(29-26(31)21-9-5-4-6-10-21)27(32)30-18-22-11-7-8-12-23(22)19-30/h4-16,25H,17-19H2,1-3H3,(H,29,31). The third-order valence-electron chi connectivity index (χ3n) is 6.05. The van der Waals surface area contributed by atoms with E-state index in [1.54, 1.807) is 12.1 Å². The summed E-state index contributed by atoms with van der Waals surface area (Å²) in [4.78, 5) is 28.2. The number of fused-ring (bicyclic) bond motifs is 1. The summed E-state index contributed by atoms with van der Waals surface area (Å²) in [7, 11) is 0. The molecule has 1 unspecified atom stereocenters. The normalized spacial score (nSPS) is 14.0. The SMILES string of the molecule is CC(C)(C)c1ccc(CC(NC(=O)c2ccccc2)C(=O)N2Cc3ccccc3C2)cc1. The Labute approximate surface area is 190 Å². The van der Waals surface area contributed by atoms with Gasteiger partial charge in [-0.3, -0.25) is 9.59 Å². The highest BCUT2D eigenvalue weighted by molar-refractivity contribution is 5.97. The first-order valence-corrected chi connectivity index (χ1v) is 11.1. The molecule has 1 aliphatic rings. The summed E-state index contributed by atoms with van der Waals surface area (Å²) in [5, 5.41) is 3.00.